The predicted molar refractivity (Wildman–Crippen MR) is 101 cm³/mol. The van der Waals surface area contributed by atoms with E-state index in [0.29, 0.717) is 11.8 Å². The Morgan fingerprint density at radius 2 is 1.26 bits per heavy atom. The van der Waals surface area contributed by atoms with Crippen LogP contribution in [0.25, 0.3) is 0 Å². The van der Waals surface area contributed by atoms with Crippen molar-refractivity contribution < 1.29 is 4.74 Å². The Hall–Kier alpha value is -1.90. The maximum absolute atomic E-state index is 4.86. The second-order valence-electron chi connectivity index (χ2n) is 4.79. The zero-order chi connectivity index (χ0) is 18.3. The summed E-state index contributed by atoms with van der Waals surface area (Å²) in [6.45, 7) is 16.3. The lowest BCUT2D eigenvalue weighted by molar-refractivity contribution is 0.397. The van der Waals surface area contributed by atoms with Crippen LogP contribution in [0.15, 0.2) is 36.7 Å². The summed E-state index contributed by atoms with van der Waals surface area (Å²) in [6, 6.07) is 7.99. The number of nitrogens with zero attached hydrogens (tertiary/aromatic N) is 2. The molecule has 0 amide bonds. The number of pyridine rings is 2. The number of hydrogen-bond acceptors (Lipinski definition) is 3. The molecule has 0 bridgehead atoms. The van der Waals surface area contributed by atoms with Gasteiger partial charge in [0.1, 0.15) is 0 Å². The molecule has 3 nitrogen and oxygen atoms in total. The monoisotopic (exact) mass is 318 g/mol. The van der Waals surface area contributed by atoms with Crippen LogP contribution < -0.4 is 4.74 Å². The van der Waals surface area contributed by atoms with E-state index in [9.17, 15) is 0 Å². The molecule has 0 unspecified atom stereocenters. The molecule has 0 N–H and O–H groups in total. The highest BCUT2D eigenvalue weighted by atomic mass is 16.5. The molecule has 0 radical (unpaired) electrons. The Morgan fingerprint density at radius 1 is 0.783 bits per heavy atom. The highest BCUT2D eigenvalue weighted by Crippen LogP contribution is 2.10. The van der Waals surface area contributed by atoms with E-state index in [-0.39, 0.29) is 0 Å². The van der Waals surface area contributed by atoms with E-state index in [1.165, 1.54) is 11.3 Å². The van der Waals surface area contributed by atoms with Crippen LogP contribution >= 0.6 is 0 Å². The summed E-state index contributed by atoms with van der Waals surface area (Å²) in [7, 11) is 1.61. The lowest BCUT2D eigenvalue weighted by Crippen LogP contribution is -1.90. The predicted octanol–water partition coefficient (Wildman–Crippen LogP) is 5.96. The number of hydrogen-bond donors (Lipinski definition) is 0. The van der Waals surface area contributed by atoms with Crippen molar-refractivity contribution >= 4 is 0 Å². The van der Waals surface area contributed by atoms with Crippen molar-refractivity contribution in [1.29, 1.82) is 0 Å². The third kappa shape index (κ3) is 11.3. The van der Waals surface area contributed by atoms with Crippen molar-refractivity contribution in [2.24, 2.45) is 0 Å². The number of ether oxygens (including phenoxy) is 1. The van der Waals surface area contributed by atoms with Gasteiger partial charge in [-0.05, 0) is 37.0 Å². The van der Waals surface area contributed by atoms with E-state index in [1.54, 1.807) is 13.3 Å². The molecule has 0 atom stereocenters. The minimum absolute atomic E-state index is 0.542. The zero-order valence-corrected chi connectivity index (χ0v) is 16.3. The van der Waals surface area contributed by atoms with Crippen molar-refractivity contribution in [3.63, 3.8) is 0 Å². The maximum atomic E-state index is 4.86. The Labute approximate surface area is 143 Å². The summed E-state index contributed by atoms with van der Waals surface area (Å²) >= 11 is 0. The van der Waals surface area contributed by atoms with Crippen LogP contribution in [-0.4, -0.2) is 17.1 Å². The van der Waals surface area contributed by atoms with Gasteiger partial charge >= 0.3 is 0 Å². The molecule has 0 aliphatic carbocycles. The van der Waals surface area contributed by atoms with E-state index < -0.39 is 0 Å². The molecule has 2 aromatic rings. The van der Waals surface area contributed by atoms with Crippen molar-refractivity contribution in [1.82, 2.24) is 9.97 Å². The number of aryl methyl sites for hydroxylation is 2. The van der Waals surface area contributed by atoms with Crippen molar-refractivity contribution in [2.45, 2.75) is 61.3 Å². The fourth-order valence-corrected chi connectivity index (χ4v) is 1.40. The van der Waals surface area contributed by atoms with Crippen molar-refractivity contribution in [2.75, 3.05) is 7.11 Å². The molecule has 0 aliphatic heterocycles. The standard InChI is InChI=1S/C9H13N.C7H9NO.2C2H6/c1-7(2)9-5-4-8(3)6-10-9;1-6-3-4-7(9-2)8-5-6;2*1-2/h4-7H,1-3H3;3-5H,1-2H3;2*1-2H3. The van der Waals surface area contributed by atoms with Gasteiger partial charge < -0.3 is 4.74 Å². The highest BCUT2D eigenvalue weighted by Gasteiger charge is 1.97. The smallest absolute Gasteiger partial charge is 0.212 e. The van der Waals surface area contributed by atoms with Crippen molar-refractivity contribution in [3.05, 3.63) is 53.5 Å². The van der Waals surface area contributed by atoms with Gasteiger partial charge in [0.05, 0.1) is 7.11 Å². The van der Waals surface area contributed by atoms with Gasteiger partial charge in [-0.2, -0.15) is 0 Å². The second kappa shape index (κ2) is 15.0. The molecule has 3 heteroatoms. The fraction of sp³-hybridized carbons (Fsp3) is 0.500. The molecule has 0 saturated carbocycles. The quantitative estimate of drug-likeness (QED) is 0.684. The first-order valence-electron chi connectivity index (χ1n) is 8.42. The summed E-state index contributed by atoms with van der Waals surface area (Å²) in [5.74, 6) is 1.21. The molecule has 23 heavy (non-hydrogen) atoms. The molecule has 130 valence electrons. The van der Waals surface area contributed by atoms with Crippen molar-refractivity contribution in [3.8, 4) is 5.88 Å². The fourth-order valence-electron chi connectivity index (χ4n) is 1.40. The van der Waals surface area contributed by atoms with Crippen LogP contribution in [-0.2, 0) is 0 Å². The first kappa shape index (κ1) is 23.4. The molecule has 0 aliphatic rings. The van der Waals surface area contributed by atoms with Crippen LogP contribution in [0.4, 0.5) is 0 Å². The Morgan fingerprint density at radius 3 is 1.57 bits per heavy atom. The average molecular weight is 319 g/mol. The third-order valence-electron chi connectivity index (χ3n) is 2.62. The molecule has 2 heterocycles. The van der Waals surface area contributed by atoms with Crippen LogP contribution in [0.3, 0.4) is 0 Å². The van der Waals surface area contributed by atoms with E-state index >= 15 is 0 Å². The molecule has 0 saturated heterocycles. The highest BCUT2D eigenvalue weighted by molar-refractivity contribution is 5.16. The van der Waals surface area contributed by atoms with E-state index in [4.69, 9.17) is 4.74 Å². The van der Waals surface area contributed by atoms with Crippen LogP contribution in [0.1, 0.15) is 64.3 Å². The molecular formula is C20H34N2O. The lowest BCUT2D eigenvalue weighted by atomic mass is 10.1. The van der Waals surface area contributed by atoms with Gasteiger partial charge in [-0.3, -0.25) is 4.98 Å². The average Bonchev–Trinajstić information content (AvgIpc) is 2.60. The minimum Gasteiger partial charge on any atom is -0.481 e. The first-order valence-corrected chi connectivity index (χ1v) is 8.42. The Kier molecular flexibility index (Phi) is 15.3. The van der Waals surface area contributed by atoms with Crippen LogP contribution in [0.2, 0.25) is 0 Å². The van der Waals surface area contributed by atoms with E-state index in [0.717, 1.165) is 5.56 Å². The summed E-state index contributed by atoms with van der Waals surface area (Å²) in [6.07, 6.45) is 3.69. The molecule has 2 aromatic heterocycles. The minimum atomic E-state index is 0.542. The molecule has 0 aromatic carbocycles. The Bertz CT molecular complexity index is 476. The van der Waals surface area contributed by atoms with E-state index in [1.807, 2.05) is 52.9 Å². The second-order valence-corrected chi connectivity index (χ2v) is 4.79. The largest absolute Gasteiger partial charge is 0.481 e. The summed E-state index contributed by atoms with van der Waals surface area (Å²) in [4.78, 5) is 8.25. The summed E-state index contributed by atoms with van der Waals surface area (Å²) < 4.78 is 4.86. The zero-order valence-electron chi connectivity index (χ0n) is 16.3. The molecule has 0 fully saturated rings. The number of aromatic nitrogens is 2. The van der Waals surface area contributed by atoms with Gasteiger partial charge in [0.2, 0.25) is 5.88 Å². The number of methoxy groups -OCH3 is 1. The molecular weight excluding hydrogens is 284 g/mol. The topological polar surface area (TPSA) is 35.0 Å². The van der Waals surface area contributed by atoms with Crippen LogP contribution in [0, 0.1) is 13.8 Å². The van der Waals surface area contributed by atoms with Gasteiger partial charge in [0.25, 0.3) is 0 Å². The Balaban J connectivity index is 0. The molecule has 0 spiro atoms. The third-order valence-corrected chi connectivity index (χ3v) is 2.62. The van der Waals surface area contributed by atoms with E-state index in [2.05, 4.69) is 42.9 Å². The summed E-state index contributed by atoms with van der Waals surface area (Å²) in [5.41, 5.74) is 3.55. The normalized spacial score (nSPS) is 8.61. The SMILES string of the molecule is CC.CC.COc1ccc(C)cn1.Cc1ccc(C(C)C)nc1. The summed E-state index contributed by atoms with van der Waals surface area (Å²) in [5, 5.41) is 0. The maximum Gasteiger partial charge on any atom is 0.212 e. The van der Waals surface area contributed by atoms with Gasteiger partial charge in [0.15, 0.2) is 0 Å². The number of rotatable bonds is 2. The van der Waals surface area contributed by atoms with Gasteiger partial charge in [-0.15, -0.1) is 0 Å². The van der Waals surface area contributed by atoms with Gasteiger partial charge in [-0.1, -0.05) is 53.7 Å². The van der Waals surface area contributed by atoms with Gasteiger partial charge in [0, 0.05) is 24.2 Å². The molecule has 2 rings (SSSR count). The van der Waals surface area contributed by atoms with Gasteiger partial charge in [-0.25, -0.2) is 4.98 Å². The first-order chi connectivity index (χ1) is 11.0. The van der Waals surface area contributed by atoms with Crippen LogP contribution in [0.5, 0.6) is 5.88 Å². The lowest BCUT2D eigenvalue weighted by Gasteiger charge is -2.02.